The highest BCUT2D eigenvalue weighted by Gasteiger charge is 2.36. The van der Waals surface area contributed by atoms with Gasteiger partial charge in [-0.1, -0.05) is 49.0 Å². The average molecular weight is 272 g/mol. The number of alkyl halides is 3. The fourth-order valence-electron chi connectivity index (χ4n) is 1.55. The van der Waals surface area contributed by atoms with Crippen LogP contribution in [0.4, 0.5) is 13.2 Å². The second kappa shape index (κ2) is 5.10. The summed E-state index contributed by atoms with van der Waals surface area (Å²) in [5.74, 6) is 0.782. The third-order valence-corrected chi connectivity index (χ3v) is 3.19. The Labute approximate surface area is 107 Å². The van der Waals surface area contributed by atoms with E-state index < -0.39 is 11.7 Å². The lowest BCUT2D eigenvalue weighted by Crippen LogP contribution is -2.04. The smallest absolute Gasteiger partial charge is 0.420 e. The van der Waals surface area contributed by atoms with E-state index in [1.165, 1.54) is 0 Å². The zero-order chi connectivity index (χ0) is 13.2. The summed E-state index contributed by atoms with van der Waals surface area (Å²) in [6.07, 6.45) is -4.38. The summed E-state index contributed by atoms with van der Waals surface area (Å²) in [5, 5.41) is -0.0659. The van der Waals surface area contributed by atoms with Crippen molar-refractivity contribution in [1.82, 2.24) is 0 Å². The second-order valence-corrected chi connectivity index (χ2v) is 4.85. The highest BCUT2D eigenvalue weighted by Crippen LogP contribution is 2.41. The van der Waals surface area contributed by atoms with Crippen LogP contribution in [0.25, 0.3) is 11.3 Å². The number of hydrogen-bond acceptors (Lipinski definition) is 2. The first kappa shape index (κ1) is 13.1. The zero-order valence-corrected chi connectivity index (χ0v) is 10.4. The first-order valence-electron chi connectivity index (χ1n) is 5.41. The molecule has 5 heteroatoms. The lowest BCUT2D eigenvalue weighted by Gasteiger charge is -2.04. The van der Waals surface area contributed by atoms with Gasteiger partial charge in [0.15, 0.2) is 5.09 Å². The van der Waals surface area contributed by atoms with Crippen LogP contribution in [0.15, 0.2) is 45.9 Å². The molecular weight excluding hydrogens is 261 g/mol. The molecular formula is C13H11F3OS. The van der Waals surface area contributed by atoms with E-state index in [2.05, 4.69) is 0 Å². The van der Waals surface area contributed by atoms with Gasteiger partial charge < -0.3 is 4.42 Å². The van der Waals surface area contributed by atoms with Gasteiger partial charge in [0.05, 0.1) is 0 Å². The Balaban J connectivity index is 2.46. The van der Waals surface area contributed by atoms with E-state index in [0.717, 1.165) is 17.8 Å². The predicted molar refractivity (Wildman–Crippen MR) is 65.5 cm³/mol. The van der Waals surface area contributed by atoms with Crippen LogP contribution in [0.5, 0.6) is 0 Å². The monoisotopic (exact) mass is 272 g/mol. The van der Waals surface area contributed by atoms with Crippen LogP contribution in [0.1, 0.15) is 12.5 Å². The largest absolute Gasteiger partial charge is 0.449 e. The number of thioether (sulfide) groups is 1. The molecule has 0 saturated heterocycles. The number of halogens is 3. The molecule has 0 N–H and O–H groups in total. The maximum Gasteiger partial charge on any atom is 0.420 e. The molecule has 1 heterocycles. The molecule has 96 valence electrons. The minimum absolute atomic E-state index is 0.0659. The summed E-state index contributed by atoms with van der Waals surface area (Å²) in [6, 6.07) is 9.83. The molecule has 0 spiro atoms. The Kier molecular flexibility index (Phi) is 3.71. The molecule has 0 aliphatic heterocycles. The number of rotatable bonds is 3. The van der Waals surface area contributed by atoms with Crippen molar-refractivity contribution >= 4 is 11.8 Å². The number of hydrogen-bond donors (Lipinski definition) is 0. The SMILES string of the molecule is CCSc1oc(-c2ccccc2)cc1C(F)(F)F. The minimum atomic E-state index is -4.38. The van der Waals surface area contributed by atoms with Gasteiger partial charge in [-0.2, -0.15) is 13.2 Å². The Morgan fingerprint density at radius 2 is 1.83 bits per heavy atom. The van der Waals surface area contributed by atoms with Crippen molar-refractivity contribution in [2.24, 2.45) is 0 Å². The topological polar surface area (TPSA) is 13.1 Å². The van der Waals surface area contributed by atoms with E-state index >= 15 is 0 Å². The summed E-state index contributed by atoms with van der Waals surface area (Å²) in [7, 11) is 0. The standard InChI is InChI=1S/C13H11F3OS/c1-2-18-12-10(13(14,15)16)8-11(17-12)9-6-4-3-5-7-9/h3-8H,2H2,1H3. The van der Waals surface area contributed by atoms with Gasteiger partial charge in [-0.05, 0) is 11.8 Å². The van der Waals surface area contributed by atoms with Crippen molar-refractivity contribution < 1.29 is 17.6 Å². The van der Waals surface area contributed by atoms with Gasteiger partial charge in [-0.3, -0.25) is 0 Å². The highest BCUT2D eigenvalue weighted by molar-refractivity contribution is 7.99. The lowest BCUT2D eigenvalue weighted by atomic mass is 10.1. The highest BCUT2D eigenvalue weighted by atomic mass is 32.2. The molecule has 0 aliphatic rings. The number of furan rings is 1. The summed E-state index contributed by atoms with van der Waals surface area (Å²) in [5.41, 5.74) is -0.0563. The molecule has 0 saturated carbocycles. The molecule has 0 atom stereocenters. The molecule has 2 rings (SSSR count). The normalized spacial score (nSPS) is 11.8. The van der Waals surface area contributed by atoms with Crippen LogP contribution < -0.4 is 0 Å². The lowest BCUT2D eigenvalue weighted by molar-refractivity contribution is -0.140. The Morgan fingerprint density at radius 3 is 2.39 bits per heavy atom. The molecule has 1 aromatic heterocycles. The van der Waals surface area contributed by atoms with Crippen molar-refractivity contribution in [3.05, 3.63) is 42.0 Å². The van der Waals surface area contributed by atoms with Crippen molar-refractivity contribution in [3.63, 3.8) is 0 Å². The molecule has 0 aliphatic carbocycles. The molecule has 2 aromatic rings. The molecule has 1 nitrogen and oxygen atoms in total. The van der Waals surface area contributed by atoms with Crippen LogP contribution in [-0.2, 0) is 6.18 Å². The quantitative estimate of drug-likeness (QED) is 0.723. The third-order valence-electron chi connectivity index (χ3n) is 2.34. The van der Waals surface area contributed by atoms with Crippen LogP contribution in [0, 0.1) is 0 Å². The maximum absolute atomic E-state index is 12.8. The van der Waals surface area contributed by atoms with E-state index in [-0.39, 0.29) is 10.9 Å². The molecule has 0 amide bonds. The molecule has 0 unspecified atom stereocenters. The fourth-order valence-corrected chi connectivity index (χ4v) is 2.30. The summed E-state index contributed by atoms with van der Waals surface area (Å²) in [4.78, 5) is 0. The summed E-state index contributed by atoms with van der Waals surface area (Å²) < 4.78 is 43.8. The van der Waals surface area contributed by atoms with Crippen molar-refractivity contribution in [2.45, 2.75) is 18.2 Å². The first-order valence-corrected chi connectivity index (χ1v) is 6.40. The van der Waals surface area contributed by atoms with Crippen molar-refractivity contribution in [3.8, 4) is 11.3 Å². The average Bonchev–Trinajstić information content (AvgIpc) is 2.75. The Hall–Kier alpha value is -1.36. The van der Waals surface area contributed by atoms with E-state index in [0.29, 0.717) is 11.3 Å². The van der Waals surface area contributed by atoms with Crippen LogP contribution in [-0.4, -0.2) is 5.75 Å². The van der Waals surface area contributed by atoms with Crippen molar-refractivity contribution in [1.29, 1.82) is 0 Å². The Morgan fingerprint density at radius 1 is 1.17 bits per heavy atom. The van der Waals surface area contributed by atoms with Crippen LogP contribution in [0.2, 0.25) is 0 Å². The van der Waals surface area contributed by atoms with Crippen LogP contribution in [0.3, 0.4) is 0 Å². The zero-order valence-electron chi connectivity index (χ0n) is 9.62. The summed E-state index contributed by atoms with van der Waals surface area (Å²) in [6.45, 7) is 1.79. The van der Waals surface area contributed by atoms with Gasteiger partial charge in [0.1, 0.15) is 11.3 Å². The fraction of sp³-hybridized carbons (Fsp3) is 0.231. The van der Waals surface area contributed by atoms with E-state index in [1.807, 2.05) is 0 Å². The molecule has 1 aromatic carbocycles. The third kappa shape index (κ3) is 2.72. The second-order valence-electron chi connectivity index (χ2n) is 3.61. The molecule has 0 radical (unpaired) electrons. The number of benzene rings is 1. The van der Waals surface area contributed by atoms with Gasteiger partial charge in [0.2, 0.25) is 0 Å². The van der Waals surface area contributed by atoms with E-state index in [4.69, 9.17) is 4.42 Å². The first-order chi connectivity index (χ1) is 8.52. The van der Waals surface area contributed by atoms with Gasteiger partial charge in [0.25, 0.3) is 0 Å². The predicted octanol–water partition coefficient (Wildman–Crippen LogP) is 5.08. The molecule has 18 heavy (non-hydrogen) atoms. The molecule has 0 bridgehead atoms. The van der Waals surface area contributed by atoms with Gasteiger partial charge in [0, 0.05) is 5.56 Å². The molecule has 0 fully saturated rings. The van der Waals surface area contributed by atoms with Gasteiger partial charge >= 0.3 is 6.18 Å². The maximum atomic E-state index is 12.8. The van der Waals surface area contributed by atoms with Crippen molar-refractivity contribution in [2.75, 3.05) is 5.75 Å². The minimum Gasteiger partial charge on any atom is -0.449 e. The van der Waals surface area contributed by atoms with E-state index in [9.17, 15) is 13.2 Å². The van der Waals surface area contributed by atoms with Gasteiger partial charge in [-0.25, -0.2) is 0 Å². The van der Waals surface area contributed by atoms with Gasteiger partial charge in [-0.15, -0.1) is 0 Å². The Bertz CT molecular complexity index is 517. The van der Waals surface area contributed by atoms with E-state index in [1.54, 1.807) is 37.3 Å². The summed E-state index contributed by atoms with van der Waals surface area (Å²) >= 11 is 1.06. The van der Waals surface area contributed by atoms with Crippen LogP contribution >= 0.6 is 11.8 Å².